The van der Waals surface area contributed by atoms with Crippen molar-refractivity contribution in [3.8, 4) is 0 Å². The molecule has 2 fully saturated rings. The molecule has 0 heterocycles. The molecule has 0 amide bonds. The first-order chi connectivity index (χ1) is 9.54. The van der Waals surface area contributed by atoms with Gasteiger partial charge in [0.25, 0.3) is 0 Å². The van der Waals surface area contributed by atoms with Gasteiger partial charge in [-0.1, -0.05) is 20.3 Å². The molecule has 0 radical (unpaired) electrons. The summed E-state index contributed by atoms with van der Waals surface area (Å²) in [5.41, 5.74) is -0.611. The van der Waals surface area contributed by atoms with Crippen LogP contribution in [0.4, 0.5) is 0 Å². The minimum Gasteiger partial charge on any atom is -0.480 e. The Morgan fingerprint density at radius 2 is 2.10 bits per heavy atom. The molecular weight excluding hydrogens is 270 g/mol. The smallest absolute Gasteiger partial charge is 0.324 e. The maximum atomic E-state index is 11.8. The van der Waals surface area contributed by atoms with Crippen molar-refractivity contribution in [2.24, 2.45) is 11.8 Å². The van der Waals surface area contributed by atoms with Crippen molar-refractivity contribution >= 4 is 17.7 Å². The number of aliphatic carboxylic acids is 1. The Morgan fingerprint density at radius 3 is 2.70 bits per heavy atom. The topological polar surface area (TPSA) is 49.3 Å². The molecule has 2 saturated carbocycles. The van der Waals surface area contributed by atoms with Crippen LogP contribution in [0.1, 0.15) is 58.8 Å². The molecule has 3 nitrogen and oxygen atoms in total. The average Bonchev–Trinajstić information content (AvgIpc) is 3.09. The summed E-state index contributed by atoms with van der Waals surface area (Å²) in [4.78, 5) is 11.8. The van der Waals surface area contributed by atoms with Gasteiger partial charge in [-0.25, -0.2) is 0 Å². The highest BCUT2D eigenvalue weighted by Gasteiger charge is 2.50. The number of carboxylic acids is 1. The third kappa shape index (κ3) is 4.14. The molecule has 20 heavy (non-hydrogen) atoms. The van der Waals surface area contributed by atoms with Crippen LogP contribution in [0.2, 0.25) is 0 Å². The van der Waals surface area contributed by atoms with E-state index in [1.54, 1.807) is 0 Å². The Balaban J connectivity index is 1.80. The molecule has 0 bridgehead atoms. The van der Waals surface area contributed by atoms with Crippen molar-refractivity contribution in [3.63, 3.8) is 0 Å². The fraction of sp³-hybridized carbons (Fsp3) is 0.938. The maximum Gasteiger partial charge on any atom is 0.324 e. The molecule has 0 saturated heterocycles. The molecule has 0 aromatic rings. The standard InChI is InChI=1S/C16H29NO2S/c1-12(2)7-10-20-11-8-13-4-3-9-16(13,15(18)19)17-14-5-6-14/h12-14,17H,3-11H2,1-2H3,(H,18,19). The third-order valence-corrected chi connectivity index (χ3v) is 5.74. The SMILES string of the molecule is CC(C)CCSCCC1CCCC1(NC1CC1)C(=O)O. The summed E-state index contributed by atoms with van der Waals surface area (Å²) >= 11 is 1.99. The first-order valence-corrected chi connectivity index (χ1v) is 9.29. The summed E-state index contributed by atoms with van der Waals surface area (Å²) in [6, 6.07) is 0.472. The highest BCUT2D eigenvalue weighted by molar-refractivity contribution is 7.99. The largest absolute Gasteiger partial charge is 0.480 e. The molecular formula is C16H29NO2S. The Morgan fingerprint density at radius 1 is 1.35 bits per heavy atom. The lowest BCUT2D eigenvalue weighted by Gasteiger charge is -2.32. The molecule has 2 N–H and O–H groups in total. The normalized spacial score (nSPS) is 30.1. The van der Waals surface area contributed by atoms with E-state index in [9.17, 15) is 9.90 Å². The lowest BCUT2D eigenvalue weighted by Crippen LogP contribution is -2.55. The van der Waals surface area contributed by atoms with Crippen LogP contribution in [-0.4, -0.2) is 34.2 Å². The van der Waals surface area contributed by atoms with Gasteiger partial charge in [-0.3, -0.25) is 10.1 Å². The highest BCUT2D eigenvalue weighted by atomic mass is 32.2. The Labute approximate surface area is 127 Å². The Hall–Kier alpha value is -0.220. The van der Waals surface area contributed by atoms with Gasteiger partial charge in [-0.05, 0) is 61.9 Å². The summed E-state index contributed by atoms with van der Waals surface area (Å²) in [7, 11) is 0. The Bertz CT molecular complexity index is 330. The number of carboxylic acid groups (broad SMARTS) is 1. The molecule has 0 aliphatic heterocycles. The predicted molar refractivity (Wildman–Crippen MR) is 85.3 cm³/mol. The lowest BCUT2D eigenvalue weighted by molar-refractivity contribution is -0.146. The molecule has 0 aromatic carbocycles. The minimum atomic E-state index is -0.612. The van der Waals surface area contributed by atoms with Crippen LogP contribution in [-0.2, 0) is 4.79 Å². The number of rotatable bonds is 9. The number of nitrogens with one attached hydrogen (secondary N) is 1. The molecule has 116 valence electrons. The molecule has 2 unspecified atom stereocenters. The van der Waals surface area contributed by atoms with E-state index in [1.165, 1.54) is 12.2 Å². The Kier molecular flexibility index (Phi) is 5.79. The van der Waals surface area contributed by atoms with Crippen LogP contribution < -0.4 is 5.32 Å². The zero-order chi connectivity index (χ0) is 14.6. The molecule has 4 heteroatoms. The second-order valence-corrected chi connectivity index (χ2v) is 8.09. The van der Waals surface area contributed by atoms with Crippen LogP contribution in [0.25, 0.3) is 0 Å². The van der Waals surface area contributed by atoms with Crippen LogP contribution >= 0.6 is 11.8 Å². The molecule has 2 aliphatic rings. The van der Waals surface area contributed by atoms with Gasteiger partial charge in [0.1, 0.15) is 5.54 Å². The van der Waals surface area contributed by atoms with E-state index >= 15 is 0 Å². The minimum absolute atomic E-state index is 0.326. The fourth-order valence-electron chi connectivity index (χ4n) is 3.24. The van der Waals surface area contributed by atoms with Crippen molar-refractivity contribution in [3.05, 3.63) is 0 Å². The fourth-order valence-corrected chi connectivity index (χ4v) is 4.53. The maximum absolute atomic E-state index is 11.8. The third-order valence-electron chi connectivity index (χ3n) is 4.69. The van der Waals surface area contributed by atoms with Crippen molar-refractivity contribution in [1.82, 2.24) is 5.32 Å². The lowest BCUT2D eigenvalue weighted by atomic mass is 9.85. The van der Waals surface area contributed by atoms with Crippen LogP contribution in [0.15, 0.2) is 0 Å². The van der Waals surface area contributed by atoms with Gasteiger partial charge in [0.15, 0.2) is 0 Å². The zero-order valence-electron chi connectivity index (χ0n) is 12.9. The van der Waals surface area contributed by atoms with Crippen molar-refractivity contribution in [2.75, 3.05) is 11.5 Å². The monoisotopic (exact) mass is 299 g/mol. The summed E-state index contributed by atoms with van der Waals surface area (Å²) in [6.45, 7) is 4.51. The first-order valence-electron chi connectivity index (χ1n) is 8.13. The van der Waals surface area contributed by atoms with E-state index in [4.69, 9.17) is 0 Å². The van der Waals surface area contributed by atoms with Gasteiger partial charge in [0.05, 0.1) is 0 Å². The summed E-state index contributed by atoms with van der Waals surface area (Å²) < 4.78 is 0. The first kappa shape index (κ1) is 16.2. The van der Waals surface area contributed by atoms with E-state index in [0.717, 1.165) is 50.2 Å². The van der Waals surface area contributed by atoms with Gasteiger partial charge in [-0.2, -0.15) is 11.8 Å². The van der Waals surface area contributed by atoms with Crippen LogP contribution in [0, 0.1) is 11.8 Å². The summed E-state index contributed by atoms with van der Waals surface area (Å²) in [5.74, 6) is 2.80. The van der Waals surface area contributed by atoms with Gasteiger partial charge in [-0.15, -0.1) is 0 Å². The number of hydrogen-bond donors (Lipinski definition) is 2. The zero-order valence-corrected chi connectivity index (χ0v) is 13.7. The molecule has 0 spiro atoms. The molecule has 2 atom stereocenters. The highest BCUT2D eigenvalue weighted by Crippen LogP contribution is 2.41. The van der Waals surface area contributed by atoms with Crippen molar-refractivity contribution in [2.45, 2.75) is 70.4 Å². The summed E-state index contributed by atoms with van der Waals surface area (Å²) in [6.07, 6.45) is 7.59. The van der Waals surface area contributed by atoms with Crippen LogP contribution in [0.5, 0.6) is 0 Å². The van der Waals surface area contributed by atoms with Crippen molar-refractivity contribution < 1.29 is 9.90 Å². The second kappa shape index (κ2) is 7.17. The predicted octanol–water partition coefficient (Wildman–Crippen LogP) is 3.53. The van der Waals surface area contributed by atoms with E-state index < -0.39 is 11.5 Å². The number of carbonyl (C=O) groups is 1. The molecule has 2 aliphatic carbocycles. The van der Waals surface area contributed by atoms with Gasteiger partial charge < -0.3 is 5.11 Å². The van der Waals surface area contributed by atoms with E-state index in [2.05, 4.69) is 19.2 Å². The quantitative estimate of drug-likeness (QED) is 0.639. The second-order valence-electron chi connectivity index (χ2n) is 6.87. The molecule has 2 rings (SSSR count). The van der Waals surface area contributed by atoms with E-state index in [0.29, 0.717) is 12.0 Å². The van der Waals surface area contributed by atoms with Gasteiger partial charge in [0, 0.05) is 6.04 Å². The van der Waals surface area contributed by atoms with E-state index in [-0.39, 0.29) is 0 Å². The van der Waals surface area contributed by atoms with Crippen molar-refractivity contribution in [1.29, 1.82) is 0 Å². The number of thioether (sulfide) groups is 1. The number of hydrogen-bond acceptors (Lipinski definition) is 3. The van der Waals surface area contributed by atoms with Crippen LogP contribution in [0.3, 0.4) is 0 Å². The van der Waals surface area contributed by atoms with E-state index in [1.807, 2.05) is 11.8 Å². The van der Waals surface area contributed by atoms with Gasteiger partial charge >= 0.3 is 5.97 Å². The molecule has 0 aromatic heterocycles. The average molecular weight is 299 g/mol. The van der Waals surface area contributed by atoms with Gasteiger partial charge in [0.2, 0.25) is 0 Å². The summed E-state index contributed by atoms with van der Waals surface area (Å²) in [5, 5.41) is 13.2.